The van der Waals surface area contributed by atoms with Crippen LogP contribution in [0, 0.1) is 5.41 Å². The fraction of sp³-hybridized carbons (Fsp3) is 0.143. The molecule has 0 spiro atoms. The standard InChI is InChI=1S/C21H20O6/c1-21(2,19(26)9-5-13-3-7-15(22)17(24)11-13)20(27)10-6-14-4-8-16(23)18(25)12-14/h3-12,22-25H,1-2H3/b9-5+,10-6+. The molecule has 0 aliphatic carbocycles. The summed E-state index contributed by atoms with van der Waals surface area (Å²) in [6.45, 7) is 2.99. The van der Waals surface area contributed by atoms with E-state index < -0.39 is 17.0 Å². The summed E-state index contributed by atoms with van der Waals surface area (Å²) in [5, 5.41) is 37.5. The topological polar surface area (TPSA) is 115 Å². The van der Waals surface area contributed by atoms with Gasteiger partial charge in [0.1, 0.15) is 0 Å². The normalized spacial score (nSPS) is 11.9. The van der Waals surface area contributed by atoms with Crippen LogP contribution in [-0.4, -0.2) is 32.0 Å². The summed E-state index contributed by atoms with van der Waals surface area (Å²) in [7, 11) is 0. The number of benzene rings is 2. The third-order valence-electron chi connectivity index (χ3n) is 4.09. The Balaban J connectivity index is 2.12. The Hall–Kier alpha value is -3.54. The van der Waals surface area contributed by atoms with Crippen molar-refractivity contribution in [1.29, 1.82) is 0 Å². The van der Waals surface area contributed by atoms with Crippen LogP contribution < -0.4 is 0 Å². The van der Waals surface area contributed by atoms with E-state index in [4.69, 9.17) is 0 Å². The van der Waals surface area contributed by atoms with E-state index in [1.165, 1.54) is 74.5 Å². The summed E-state index contributed by atoms with van der Waals surface area (Å²) in [5.74, 6) is -2.00. The van der Waals surface area contributed by atoms with Crippen molar-refractivity contribution >= 4 is 23.7 Å². The quantitative estimate of drug-likeness (QED) is 0.353. The third kappa shape index (κ3) is 4.76. The molecule has 0 fully saturated rings. The molecule has 0 bridgehead atoms. The number of rotatable bonds is 6. The number of hydrogen-bond acceptors (Lipinski definition) is 6. The zero-order valence-electron chi connectivity index (χ0n) is 14.9. The number of phenols is 4. The Morgan fingerprint density at radius 1 is 0.704 bits per heavy atom. The molecule has 0 aromatic heterocycles. The predicted octanol–water partition coefficient (Wildman–Crippen LogP) is 3.40. The minimum Gasteiger partial charge on any atom is -0.504 e. The number of hydrogen-bond donors (Lipinski definition) is 4. The maximum Gasteiger partial charge on any atom is 0.169 e. The molecule has 0 saturated carbocycles. The molecule has 0 amide bonds. The number of allylic oxidation sites excluding steroid dienone is 2. The van der Waals surface area contributed by atoms with E-state index in [1.807, 2.05) is 0 Å². The molecule has 2 aromatic rings. The maximum absolute atomic E-state index is 12.4. The first-order valence-corrected chi connectivity index (χ1v) is 8.10. The largest absolute Gasteiger partial charge is 0.504 e. The van der Waals surface area contributed by atoms with Gasteiger partial charge in [-0.1, -0.05) is 24.3 Å². The Kier molecular flexibility index (Phi) is 5.70. The van der Waals surface area contributed by atoms with E-state index >= 15 is 0 Å². The van der Waals surface area contributed by atoms with Gasteiger partial charge in [-0.15, -0.1) is 0 Å². The summed E-state index contributed by atoms with van der Waals surface area (Å²) in [5.41, 5.74) is -0.320. The molecular formula is C21H20O6. The first-order chi connectivity index (χ1) is 12.6. The molecule has 4 N–H and O–H groups in total. The molecule has 6 heteroatoms. The van der Waals surface area contributed by atoms with E-state index in [1.54, 1.807) is 0 Å². The number of aromatic hydroxyl groups is 4. The van der Waals surface area contributed by atoms with Gasteiger partial charge in [-0.25, -0.2) is 0 Å². The van der Waals surface area contributed by atoms with Gasteiger partial charge >= 0.3 is 0 Å². The van der Waals surface area contributed by atoms with Crippen molar-refractivity contribution in [1.82, 2.24) is 0 Å². The van der Waals surface area contributed by atoms with E-state index in [2.05, 4.69) is 0 Å². The lowest BCUT2D eigenvalue weighted by molar-refractivity contribution is -0.132. The third-order valence-corrected chi connectivity index (χ3v) is 4.09. The smallest absolute Gasteiger partial charge is 0.169 e. The van der Waals surface area contributed by atoms with Gasteiger partial charge in [-0.05, 0) is 61.4 Å². The van der Waals surface area contributed by atoms with Crippen molar-refractivity contribution in [3.63, 3.8) is 0 Å². The van der Waals surface area contributed by atoms with Gasteiger partial charge in [-0.2, -0.15) is 0 Å². The maximum atomic E-state index is 12.4. The molecule has 6 nitrogen and oxygen atoms in total. The van der Waals surface area contributed by atoms with Crippen molar-refractivity contribution in [3.05, 3.63) is 59.7 Å². The van der Waals surface area contributed by atoms with Gasteiger partial charge in [0.15, 0.2) is 34.6 Å². The van der Waals surface area contributed by atoms with E-state index in [0.29, 0.717) is 11.1 Å². The van der Waals surface area contributed by atoms with Crippen LogP contribution in [0.25, 0.3) is 12.2 Å². The van der Waals surface area contributed by atoms with Gasteiger partial charge in [0.25, 0.3) is 0 Å². The Labute approximate surface area is 156 Å². The minimum atomic E-state index is -1.31. The highest BCUT2D eigenvalue weighted by Gasteiger charge is 2.32. The highest BCUT2D eigenvalue weighted by molar-refractivity contribution is 6.16. The summed E-state index contributed by atoms with van der Waals surface area (Å²) in [4.78, 5) is 24.8. The first-order valence-electron chi connectivity index (χ1n) is 8.10. The van der Waals surface area contributed by atoms with Crippen molar-refractivity contribution in [3.8, 4) is 23.0 Å². The van der Waals surface area contributed by atoms with Crippen LogP contribution >= 0.6 is 0 Å². The molecule has 0 aliphatic rings. The van der Waals surface area contributed by atoms with Crippen LogP contribution in [0.4, 0.5) is 0 Å². The summed E-state index contributed by atoms with van der Waals surface area (Å²) < 4.78 is 0. The molecule has 0 atom stereocenters. The van der Waals surface area contributed by atoms with Crippen LogP contribution in [0.1, 0.15) is 25.0 Å². The van der Waals surface area contributed by atoms with Gasteiger partial charge in [0.05, 0.1) is 5.41 Å². The zero-order valence-corrected chi connectivity index (χ0v) is 14.9. The Morgan fingerprint density at radius 3 is 1.41 bits per heavy atom. The molecule has 0 radical (unpaired) electrons. The van der Waals surface area contributed by atoms with Gasteiger partial charge < -0.3 is 20.4 Å². The number of carbonyl (C=O) groups is 2. The second-order valence-corrected chi connectivity index (χ2v) is 6.52. The van der Waals surface area contributed by atoms with Gasteiger partial charge in [0, 0.05) is 0 Å². The van der Waals surface area contributed by atoms with E-state index in [-0.39, 0.29) is 23.0 Å². The van der Waals surface area contributed by atoms with Gasteiger partial charge in [0.2, 0.25) is 0 Å². The van der Waals surface area contributed by atoms with Crippen LogP contribution in [-0.2, 0) is 9.59 Å². The van der Waals surface area contributed by atoms with E-state index in [9.17, 15) is 30.0 Å². The average molecular weight is 368 g/mol. The van der Waals surface area contributed by atoms with Crippen molar-refractivity contribution in [2.45, 2.75) is 13.8 Å². The fourth-order valence-corrected chi connectivity index (χ4v) is 2.17. The second kappa shape index (κ2) is 7.78. The minimum absolute atomic E-state index is 0.264. The van der Waals surface area contributed by atoms with Crippen LogP contribution in [0.3, 0.4) is 0 Å². The highest BCUT2D eigenvalue weighted by atomic mass is 16.3. The van der Waals surface area contributed by atoms with Gasteiger partial charge in [-0.3, -0.25) is 9.59 Å². The highest BCUT2D eigenvalue weighted by Crippen LogP contribution is 2.27. The zero-order chi connectivity index (χ0) is 20.2. The lowest BCUT2D eigenvalue weighted by atomic mass is 9.82. The summed E-state index contributed by atoms with van der Waals surface area (Å²) in [6.07, 6.45) is 5.37. The Bertz CT molecular complexity index is 862. The van der Waals surface area contributed by atoms with Crippen LogP contribution in [0.2, 0.25) is 0 Å². The monoisotopic (exact) mass is 368 g/mol. The van der Waals surface area contributed by atoms with Crippen molar-refractivity contribution < 1.29 is 30.0 Å². The lowest BCUT2D eigenvalue weighted by Gasteiger charge is -2.17. The number of phenolic OH excluding ortho intramolecular Hbond substituents is 4. The number of ketones is 2. The second-order valence-electron chi connectivity index (χ2n) is 6.52. The molecule has 27 heavy (non-hydrogen) atoms. The average Bonchev–Trinajstić information content (AvgIpc) is 2.62. The molecule has 0 heterocycles. The molecule has 2 aromatic carbocycles. The molecule has 2 rings (SSSR count). The fourth-order valence-electron chi connectivity index (χ4n) is 2.17. The Morgan fingerprint density at radius 2 is 1.07 bits per heavy atom. The summed E-state index contributed by atoms with van der Waals surface area (Å²) in [6, 6.07) is 8.23. The first kappa shape index (κ1) is 19.8. The lowest BCUT2D eigenvalue weighted by Crippen LogP contribution is -2.30. The van der Waals surface area contributed by atoms with Crippen molar-refractivity contribution in [2.24, 2.45) is 5.41 Å². The van der Waals surface area contributed by atoms with Crippen LogP contribution in [0.5, 0.6) is 23.0 Å². The molecule has 140 valence electrons. The molecule has 0 aliphatic heterocycles. The SMILES string of the molecule is CC(C)(C(=O)/C=C/c1ccc(O)c(O)c1)C(=O)/C=C/c1ccc(O)c(O)c1. The summed E-state index contributed by atoms with van der Waals surface area (Å²) >= 11 is 0. The molecule has 0 saturated heterocycles. The van der Waals surface area contributed by atoms with E-state index in [0.717, 1.165) is 0 Å². The van der Waals surface area contributed by atoms with Crippen molar-refractivity contribution in [2.75, 3.05) is 0 Å². The molecule has 0 unspecified atom stereocenters. The van der Waals surface area contributed by atoms with Crippen LogP contribution in [0.15, 0.2) is 48.6 Å². The molecular weight excluding hydrogens is 348 g/mol. The number of carbonyl (C=O) groups excluding carboxylic acids is 2. The predicted molar refractivity (Wildman–Crippen MR) is 101 cm³/mol.